The number of hydrogen-bond donors (Lipinski definition) is 0. The Hall–Kier alpha value is 0.740. The molecule has 0 aromatic rings. The molecular weight excluding hydrogens is 71.0 g/mol. The van der Waals surface area contributed by atoms with Crippen LogP contribution in [0.2, 0.25) is 0 Å². The van der Waals surface area contributed by atoms with E-state index < -0.39 is 0 Å². The summed E-state index contributed by atoms with van der Waals surface area (Å²) in [5.41, 5.74) is 1.17. The third kappa shape index (κ3) is 65.0. The van der Waals surface area contributed by atoms with E-state index in [9.17, 15) is 0 Å². The molecule has 1 radical (unpaired) electrons. The molecule has 0 aromatic carbocycles. The minimum atomic E-state index is 0. The van der Waals surface area contributed by atoms with Gasteiger partial charge in [0.15, 0.2) is 0 Å². The van der Waals surface area contributed by atoms with Crippen LogP contribution in [-0.4, -0.2) is 29.6 Å². The Bertz CT molecular complexity index is 26.6. The molecule has 0 nitrogen and oxygen atoms in total. The summed E-state index contributed by atoms with van der Waals surface area (Å²) in [7, 11) is 0. The Balaban J connectivity index is 0. The second kappa shape index (κ2) is 4.74. The van der Waals surface area contributed by atoms with Crippen molar-refractivity contribution in [2.24, 2.45) is 0 Å². The molecule has 5 heavy (non-hydrogen) atoms. The fraction of sp³-hybridized carbons (Fsp3) is 0.500. The molecule has 1 heteroatoms. The first kappa shape index (κ1) is 9.22. The van der Waals surface area contributed by atoms with E-state index in [2.05, 4.69) is 6.58 Å². The Morgan fingerprint density at radius 3 is 1.40 bits per heavy atom. The molecule has 25 valence electrons. The monoisotopic (exact) mass is 79.1 g/mol. The maximum absolute atomic E-state index is 3.56. The first-order valence-corrected chi connectivity index (χ1v) is 1.35. The second-order valence-electron chi connectivity index (χ2n) is 1.21. The summed E-state index contributed by atoms with van der Waals surface area (Å²) in [5, 5.41) is 0. The SMILES string of the molecule is C=C(C)C.[Na]. The summed E-state index contributed by atoms with van der Waals surface area (Å²) in [5.74, 6) is 0. The van der Waals surface area contributed by atoms with Crippen LogP contribution in [0.25, 0.3) is 0 Å². The van der Waals surface area contributed by atoms with Gasteiger partial charge in [-0.2, -0.15) is 0 Å². The molecule has 0 N–H and O–H groups in total. The van der Waals surface area contributed by atoms with Gasteiger partial charge in [0.25, 0.3) is 0 Å². The molecule has 0 rings (SSSR count). The fourth-order valence-corrected chi connectivity index (χ4v) is 0. The molecule has 0 aliphatic heterocycles. The Morgan fingerprint density at radius 2 is 1.40 bits per heavy atom. The van der Waals surface area contributed by atoms with Crippen molar-refractivity contribution in [1.29, 1.82) is 0 Å². The fourth-order valence-electron chi connectivity index (χ4n) is 0. The van der Waals surface area contributed by atoms with Gasteiger partial charge in [-0.3, -0.25) is 0 Å². The second-order valence-corrected chi connectivity index (χ2v) is 1.21. The molecule has 0 fully saturated rings. The topological polar surface area (TPSA) is 0 Å². The van der Waals surface area contributed by atoms with E-state index in [1.807, 2.05) is 13.8 Å². The Labute approximate surface area is 55.6 Å². The number of allylic oxidation sites excluding steroid dienone is 1. The molecule has 0 aliphatic rings. The zero-order chi connectivity index (χ0) is 3.58. The van der Waals surface area contributed by atoms with Crippen LogP contribution in [0.1, 0.15) is 13.8 Å². The maximum Gasteiger partial charge on any atom is 0 e. The smallest absolute Gasteiger partial charge is 0 e. The molecule has 0 spiro atoms. The molecule has 0 aliphatic carbocycles. The third-order valence-electron chi connectivity index (χ3n) is 0. The van der Waals surface area contributed by atoms with Crippen LogP contribution in [0.3, 0.4) is 0 Å². The van der Waals surface area contributed by atoms with Crippen LogP contribution in [0, 0.1) is 0 Å². The first-order chi connectivity index (χ1) is 1.73. The van der Waals surface area contributed by atoms with Crippen molar-refractivity contribution in [1.82, 2.24) is 0 Å². The van der Waals surface area contributed by atoms with Crippen LogP contribution < -0.4 is 0 Å². The average Bonchev–Trinajstić information content (AvgIpc) is 0.811. The standard InChI is InChI=1S/C4H8.Na/c1-4(2)3;/h1H2,2-3H3;. The van der Waals surface area contributed by atoms with Gasteiger partial charge in [0.2, 0.25) is 0 Å². The Morgan fingerprint density at radius 1 is 1.40 bits per heavy atom. The van der Waals surface area contributed by atoms with Gasteiger partial charge in [0.05, 0.1) is 0 Å². The summed E-state index contributed by atoms with van der Waals surface area (Å²) in [4.78, 5) is 0. The van der Waals surface area contributed by atoms with Gasteiger partial charge in [-0.05, 0) is 13.8 Å². The van der Waals surface area contributed by atoms with Crippen LogP contribution in [-0.2, 0) is 0 Å². The van der Waals surface area contributed by atoms with Gasteiger partial charge in [0.1, 0.15) is 0 Å². The molecule has 0 heterocycles. The van der Waals surface area contributed by atoms with Crippen LogP contribution in [0.15, 0.2) is 12.2 Å². The third-order valence-corrected chi connectivity index (χ3v) is 0. The zero-order valence-electron chi connectivity index (χ0n) is 4.21. The van der Waals surface area contributed by atoms with Crippen LogP contribution >= 0.6 is 0 Å². The number of hydrogen-bond acceptors (Lipinski definition) is 0. The van der Waals surface area contributed by atoms with Gasteiger partial charge in [-0.1, -0.05) is 5.57 Å². The van der Waals surface area contributed by atoms with Crippen molar-refractivity contribution < 1.29 is 0 Å². The molecule has 0 aromatic heterocycles. The molecular formula is C4H8Na. The van der Waals surface area contributed by atoms with Crippen molar-refractivity contribution in [2.45, 2.75) is 13.8 Å². The van der Waals surface area contributed by atoms with E-state index >= 15 is 0 Å². The summed E-state index contributed by atoms with van der Waals surface area (Å²) >= 11 is 0. The molecule has 0 atom stereocenters. The molecule has 0 saturated carbocycles. The average molecular weight is 79.1 g/mol. The van der Waals surface area contributed by atoms with Gasteiger partial charge in [0, 0.05) is 29.6 Å². The van der Waals surface area contributed by atoms with Crippen molar-refractivity contribution in [3.05, 3.63) is 12.2 Å². The largest absolute Gasteiger partial charge is 0.100 e. The predicted octanol–water partition coefficient (Wildman–Crippen LogP) is 1.20. The molecule has 0 amide bonds. The number of rotatable bonds is 0. The van der Waals surface area contributed by atoms with Crippen molar-refractivity contribution in [3.8, 4) is 0 Å². The Kier molecular flexibility index (Phi) is 8.74. The van der Waals surface area contributed by atoms with E-state index in [4.69, 9.17) is 0 Å². The summed E-state index contributed by atoms with van der Waals surface area (Å²) < 4.78 is 0. The minimum Gasteiger partial charge on any atom is -0.100 e. The summed E-state index contributed by atoms with van der Waals surface area (Å²) in [6.07, 6.45) is 0. The first-order valence-electron chi connectivity index (χ1n) is 1.35. The van der Waals surface area contributed by atoms with Gasteiger partial charge in [-0.25, -0.2) is 0 Å². The van der Waals surface area contributed by atoms with Crippen molar-refractivity contribution in [3.63, 3.8) is 0 Å². The predicted molar refractivity (Wildman–Crippen MR) is 26.2 cm³/mol. The van der Waals surface area contributed by atoms with Gasteiger partial charge < -0.3 is 0 Å². The van der Waals surface area contributed by atoms with Crippen molar-refractivity contribution in [2.75, 3.05) is 0 Å². The van der Waals surface area contributed by atoms with Crippen LogP contribution in [0.5, 0.6) is 0 Å². The van der Waals surface area contributed by atoms with Gasteiger partial charge >= 0.3 is 0 Å². The van der Waals surface area contributed by atoms with Crippen molar-refractivity contribution >= 4 is 29.6 Å². The normalized spacial score (nSPS) is 5.20. The summed E-state index contributed by atoms with van der Waals surface area (Å²) in [6.45, 7) is 7.50. The molecule has 0 bridgehead atoms. The van der Waals surface area contributed by atoms with E-state index in [1.54, 1.807) is 0 Å². The quantitative estimate of drug-likeness (QED) is 0.302. The van der Waals surface area contributed by atoms with E-state index in [1.165, 1.54) is 5.57 Å². The van der Waals surface area contributed by atoms with Crippen LogP contribution in [0.4, 0.5) is 0 Å². The molecule has 0 unspecified atom stereocenters. The maximum atomic E-state index is 3.56. The molecule has 0 saturated heterocycles. The van der Waals surface area contributed by atoms with E-state index in [0.29, 0.717) is 0 Å². The van der Waals surface area contributed by atoms with E-state index in [0.717, 1.165) is 0 Å². The van der Waals surface area contributed by atoms with Gasteiger partial charge in [-0.15, -0.1) is 6.58 Å². The minimum absolute atomic E-state index is 0. The summed E-state index contributed by atoms with van der Waals surface area (Å²) in [6, 6.07) is 0. The van der Waals surface area contributed by atoms with E-state index in [-0.39, 0.29) is 29.6 Å². The zero-order valence-corrected chi connectivity index (χ0v) is 6.21.